The Morgan fingerprint density at radius 1 is 1.29 bits per heavy atom. The Labute approximate surface area is 212 Å². The number of halogens is 2. The zero-order valence-electron chi connectivity index (χ0n) is 21.8. The summed E-state index contributed by atoms with van der Waals surface area (Å²) in [7, 11) is 1.71. The fourth-order valence-electron chi connectivity index (χ4n) is 3.72. The monoisotopic (exact) mass is 516 g/mol. The zero-order valence-corrected chi connectivity index (χ0v) is 22.6. The third-order valence-electron chi connectivity index (χ3n) is 5.69. The number of carbonyl (C=O) groups excluding carboxylic acids is 1. The molecule has 1 atom stereocenters. The molecule has 2 aromatic rings. The molecule has 0 saturated carbocycles. The lowest BCUT2D eigenvalue weighted by molar-refractivity contribution is -0.0980. The molecular formula is C25H42F2N4O3S. The topological polar surface area (TPSA) is 107 Å². The van der Waals surface area contributed by atoms with Crippen LogP contribution in [0.15, 0.2) is 18.3 Å². The molecule has 0 amide bonds. The number of aliphatic hydroxyl groups is 1. The fraction of sp³-hybridized carbons (Fsp3) is 0.600. The van der Waals surface area contributed by atoms with Crippen LogP contribution in [0.4, 0.5) is 19.6 Å². The number of hydrogen-bond acceptors (Lipinski definition) is 8. The molecule has 1 aromatic carbocycles. The number of nitrogens with one attached hydrogen (secondary N) is 3. The maximum atomic E-state index is 13.7. The first-order chi connectivity index (χ1) is 16.5. The highest BCUT2D eigenvalue weighted by Crippen LogP contribution is 2.37. The average molecular weight is 517 g/mol. The molecule has 0 spiro atoms. The van der Waals surface area contributed by atoms with Crippen molar-refractivity contribution in [2.45, 2.75) is 65.8 Å². The van der Waals surface area contributed by atoms with Crippen molar-refractivity contribution >= 4 is 28.9 Å². The van der Waals surface area contributed by atoms with E-state index < -0.39 is 0 Å². The van der Waals surface area contributed by atoms with Crippen LogP contribution >= 0.6 is 11.3 Å². The van der Waals surface area contributed by atoms with Crippen LogP contribution in [0.1, 0.15) is 58.9 Å². The SMILES string of the molecule is C=O.CCC(C)(C)CC1(CNc2cc(F)c(C)cc2O)CCCN1.CCO.CNc1ncc(F)s1. The summed E-state index contributed by atoms with van der Waals surface area (Å²) in [4.78, 5) is 11.7. The van der Waals surface area contributed by atoms with E-state index in [0.717, 1.165) is 43.6 Å². The Kier molecular flexibility index (Phi) is 15.3. The highest BCUT2D eigenvalue weighted by molar-refractivity contribution is 7.13. The number of carbonyl (C=O) groups is 1. The average Bonchev–Trinajstić information content (AvgIpc) is 3.46. The smallest absolute Gasteiger partial charge is 0.198 e. The summed E-state index contributed by atoms with van der Waals surface area (Å²) >= 11 is 0.999. The van der Waals surface area contributed by atoms with Gasteiger partial charge in [-0.2, -0.15) is 4.39 Å². The van der Waals surface area contributed by atoms with Gasteiger partial charge >= 0.3 is 0 Å². The molecule has 2 heterocycles. The van der Waals surface area contributed by atoms with Crippen LogP contribution in [0.5, 0.6) is 5.75 Å². The molecule has 1 unspecified atom stereocenters. The van der Waals surface area contributed by atoms with Crippen molar-refractivity contribution in [2.75, 3.05) is 37.4 Å². The molecular weight excluding hydrogens is 474 g/mol. The van der Waals surface area contributed by atoms with Crippen molar-refractivity contribution < 1.29 is 23.8 Å². The molecule has 0 aliphatic carbocycles. The van der Waals surface area contributed by atoms with Crippen LogP contribution in [0.3, 0.4) is 0 Å². The molecule has 1 aromatic heterocycles. The third-order valence-corrected chi connectivity index (χ3v) is 6.49. The predicted molar refractivity (Wildman–Crippen MR) is 141 cm³/mol. The van der Waals surface area contributed by atoms with Crippen LogP contribution in [-0.2, 0) is 4.79 Å². The van der Waals surface area contributed by atoms with Gasteiger partial charge in [0.1, 0.15) is 18.4 Å². The number of nitrogens with zero attached hydrogens (tertiary/aromatic N) is 1. The second-order valence-corrected chi connectivity index (χ2v) is 9.99. The number of aromatic hydroxyl groups is 1. The van der Waals surface area contributed by atoms with Crippen molar-refractivity contribution in [1.29, 1.82) is 0 Å². The van der Waals surface area contributed by atoms with Crippen molar-refractivity contribution in [3.63, 3.8) is 0 Å². The van der Waals surface area contributed by atoms with Crippen molar-refractivity contribution in [3.8, 4) is 5.75 Å². The number of hydrogen-bond donors (Lipinski definition) is 5. The van der Waals surface area contributed by atoms with Gasteiger partial charge in [0.05, 0.1) is 11.9 Å². The summed E-state index contributed by atoms with van der Waals surface area (Å²) < 4.78 is 25.7. The minimum Gasteiger partial charge on any atom is -0.506 e. The van der Waals surface area contributed by atoms with Crippen LogP contribution < -0.4 is 16.0 Å². The molecule has 1 aliphatic heterocycles. The first kappa shape index (κ1) is 32.7. The second kappa shape index (κ2) is 16.4. The van der Waals surface area contributed by atoms with Crippen LogP contribution in [0.2, 0.25) is 0 Å². The van der Waals surface area contributed by atoms with E-state index in [0.29, 0.717) is 22.9 Å². The molecule has 5 N–H and O–H groups in total. The molecule has 200 valence electrons. The molecule has 10 heteroatoms. The van der Waals surface area contributed by atoms with E-state index in [1.54, 1.807) is 20.9 Å². The minimum absolute atomic E-state index is 0.0211. The van der Waals surface area contributed by atoms with Gasteiger partial charge in [0.25, 0.3) is 0 Å². The lowest BCUT2D eigenvalue weighted by Crippen LogP contribution is -2.48. The summed E-state index contributed by atoms with van der Waals surface area (Å²) in [5.41, 5.74) is 1.22. The van der Waals surface area contributed by atoms with Gasteiger partial charge < -0.3 is 31.0 Å². The quantitative estimate of drug-likeness (QED) is 0.316. The summed E-state index contributed by atoms with van der Waals surface area (Å²) in [5, 5.41) is 27.5. The van der Waals surface area contributed by atoms with Gasteiger partial charge in [-0.1, -0.05) is 38.5 Å². The second-order valence-electron chi connectivity index (χ2n) is 9.01. The molecule has 3 rings (SSSR count). The third kappa shape index (κ3) is 11.8. The van der Waals surface area contributed by atoms with Crippen molar-refractivity contribution in [2.24, 2.45) is 5.41 Å². The van der Waals surface area contributed by atoms with E-state index in [-0.39, 0.29) is 34.3 Å². The summed E-state index contributed by atoms with van der Waals surface area (Å²) in [6, 6.07) is 2.86. The Morgan fingerprint density at radius 2 is 1.91 bits per heavy atom. The van der Waals surface area contributed by atoms with E-state index in [4.69, 9.17) is 9.90 Å². The fourth-order valence-corrected chi connectivity index (χ4v) is 4.21. The van der Waals surface area contributed by atoms with Gasteiger partial charge in [-0.05, 0) is 56.7 Å². The number of phenolic OH excluding ortho intramolecular Hbond substituents is 1. The first-order valence-corrected chi connectivity index (χ1v) is 12.5. The van der Waals surface area contributed by atoms with E-state index in [9.17, 15) is 13.9 Å². The summed E-state index contributed by atoms with van der Waals surface area (Å²) in [5.74, 6) is -0.176. The number of rotatable bonds is 7. The van der Waals surface area contributed by atoms with Gasteiger partial charge in [0.2, 0.25) is 0 Å². The normalized spacial score (nSPS) is 16.6. The van der Waals surface area contributed by atoms with Crippen molar-refractivity contribution in [1.82, 2.24) is 10.3 Å². The van der Waals surface area contributed by atoms with Crippen LogP contribution in [0.25, 0.3) is 0 Å². The number of aryl methyl sites for hydroxylation is 1. The molecule has 1 fully saturated rings. The van der Waals surface area contributed by atoms with Crippen molar-refractivity contribution in [3.05, 3.63) is 34.8 Å². The Bertz CT molecular complexity index is 859. The van der Waals surface area contributed by atoms with Gasteiger partial charge in [-0.3, -0.25) is 0 Å². The Balaban J connectivity index is 0.000000734. The maximum absolute atomic E-state index is 13.7. The number of aromatic nitrogens is 1. The summed E-state index contributed by atoms with van der Waals surface area (Å²) in [6.07, 6.45) is 5.66. The zero-order chi connectivity index (χ0) is 27.1. The van der Waals surface area contributed by atoms with Gasteiger partial charge in [0.15, 0.2) is 10.3 Å². The highest BCUT2D eigenvalue weighted by Gasteiger charge is 2.38. The number of thiazole rings is 1. The molecule has 1 saturated heterocycles. The standard InChI is InChI=1S/C18H29FN2O.C4H5FN2S.C2H6O.CH2O/c1-5-17(3,4)11-18(7-6-8-21-18)12-20-15-10-14(19)13(2)9-16(15)22;1-6-4-7-2-3(5)8-4;1-2-3;1-2/h9-10,20-22H,5-8,11-12H2,1-4H3;2H,1H3,(H,6,7);3H,2H2,1H3;1H2. The van der Waals surface area contributed by atoms with Crippen LogP contribution in [-0.4, -0.2) is 54.3 Å². The number of aliphatic hydroxyl groups excluding tert-OH is 1. The predicted octanol–water partition coefficient (Wildman–Crippen LogP) is 5.34. The molecule has 0 radical (unpaired) electrons. The number of anilines is 2. The number of phenols is 1. The van der Waals surface area contributed by atoms with Crippen LogP contribution in [0, 0.1) is 23.3 Å². The largest absolute Gasteiger partial charge is 0.506 e. The minimum atomic E-state index is -0.289. The van der Waals surface area contributed by atoms with E-state index in [2.05, 4.69) is 41.7 Å². The van der Waals surface area contributed by atoms with E-state index in [1.165, 1.54) is 18.3 Å². The van der Waals surface area contributed by atoms with Gasteiger partial charge in [-0.25, -0.2) is 9.37 Å². The van der Waals surface area contributed by atoms with Gasteiger partial charge in [0, 0.05) is 31.8 Å². The van der Waals surface area contributed by atoms with E-state index >= 15 is 0 Å². The Morgan fingerprint density at radius 3 is 2.34 bits per heavy atom. The van der Waals surface area contributed by atoms with Gasteiger partial charge in [-0.15, -0.1) is 0 Å². The molecule has 7 nitrogen and oxygen atoms in total. The summed E-state index contributed by atoms with van der Waals surface area (Å²) in [6.45, 7) is 14.1. The lowest BCUT2D eigenvalue weighted by atomic mass is 9.76. The Hall–Kier alpha value is -2.30. The van der Waals surface area contributed by atoms with E-state index in [1.807, 2.05) is 6.79 Å². The lowest BCUT2D eigenvalue weighted by Gasteiger charge is -2.38. The first-order valence-electron chi connectivity index (χ1n) is 11.7. The molecule has 35 heavy (non-hydrogen) atoms. The molecule has 1 aliphatic rings. The highest BCUT2D eigenvalue weighted by atomic mass is 32.1. The maximum Gasteiger partial charge on any atom is 0.198 e. The number of benzene rings is 1. The molecule has 0 bridgehead atoms.